The van der Waals surface area contributed by atoms with Crippen molar-refractivity contribution in [1.82, 2.24) is 5.43 Å². The second-order valence-corrected chi connectivity index (χ2v) is 6.38. The lowest BCUT2D eigenvalue weighted by molar-refractivity contribution is 0.340. The molecule has 148 valence electrons. The molecule has 4 rings (SSSR count). The molecule has 0 saturated carbocycles. The van der Waals surface area contributed by atoms with E-state index in [2.05, 4.69) is 5.43 Å². The van der Waals surface area contributed by atoms with Crippen LogP contribution < -0.4 is 25.1 Å². The highest BCUT2D eigenvalue weighted by Crippen LogP contribution is 2.28. The highest BCUT2D eigenvalue weighted by Gasteiger charge is 2.26. The fraction of sp³-hybridized carbons (Fsp3) is 0.174. The second kappa shape index (κ2) is 8.56. The third kappa shape index (κ3) is 4.11. The van der Waals surface area contributed by atoms with Gasteiger partial charge in [-0.1, -0.05) is 30.3 Å². The van der Waals surface area contributed by atoms with Gasteiger partial charge in [0.2, 0.25) is 0 Å². The van der Waals surface area contributed by atoms with Crippen molar-refractivity contribution in [2.45, 2.75) is 13.8 Å². The number of anilines is 2. The average Bonchev–Trinajstić information content (AvgIpc) is 3.21. The van der Waals surface area contributed by atoms with E-state index in [1.807, 2.05) is 103 Å². The Bertz CT molecular complexity index is 956. The zero-order chi connectivity index (χ0) is 20.1. The summed E-state index contributed by atoms with van der Waals surface area (Å²) < 4.78 is 11.1. The van der Waals surface area contributed by atoms with E-state index in [4.69, 9.17) is 14.6 Å². The Morgan fingerprint density at radius 1 is 0.724 bits per heavy atom. The van der Waals surface area contributed by atoms with Crippen LogP contribution in [-0.4, -0.2) is 19.0 Å². The van der Waals surface area contributed by atoms with E-state index in [0.717, 1.165) is 34.3 Å². The summed E-state index contributed by atoms with van der Waals surface area (Å²) in [7, 11) is 0. The van der Waals surface area contributed by atoms with Gasteiger partial charge in [-0.15, -0.1) is 5.10 Å². The molecule has 0 spiro atoms. The van der Waals surface area contributed by atoms with E-state index < -0.39 is 0 Å². The zero-order valence-corrected chi connectivity index (χ0v) is 16.6. The quantitative estimate of drug-likeness (QED) is 0.641. The SMILES string of the molecule is CCOc1ccc(N2N=C(c3ccccc3)NN2c2ccc(OCC)cc2)cc1. The minimum Gasteiger partial charge on any atom is -0.494 e. The molecule has 3 aromatic rings. The number of amidine groups is 1. The molecule has 0 saturated heterocycles. The van der Waals surface area contributed by atoms with E-state index in [0.29, 0.717) is 13.2 Å². The molecule has 1 aliphatic heterocycles. The Hall–Kier alpha value is -3.67. The average molecular weight is 388 g/mol. The number of benzene rings is 3. The Morgan fingerprint density at radius 3 is 1.83 bits per heavy atom. The van der Waals surface area contributed by atoms with Crippen LogP contribution in [0.3, 0.4) is 0 Å². The Labute approximate surface area is 170 Å². The number of hydrogen-bond acceptors (Lipinski definition) is 6. The normalized spacial score (nSPS) is 13.1. The third-order valence-electron chi connectivity index (χ3n) is 4.41. The van der Waals surface area contributed by atoms with Gasteiger partial charge in [-0.05, 0) is 62.4 Å². The lowest BCUT2D eigenvalue weighted by atomic mass is 10.2. The monoisotopic (exact) mass is 388 g/mol. The van der Waals surface area contributed by atoms with E-state index in [1.54, 1.807) is 0 Å². The van der Waals surface area contributed by atoms with Gasteiger partial charge in [0.05, 0.1) is 24.6 Å². The number of nitrogens with one attached hydrogen (secondary N) is 1. The summed E-state index contributed by atoms with van der Waals surface area (Å²) in [4.78, 5) is 0. The van der Waals surface area contributed by atoms with Crippen LogP contribution in [0.15, 0.2) is 84.0 Å². The minimum absolute atomic E-state index is 0.638. The van der Waals surface area contributed by atoms with Crippen molar-refractivity contribution < 1.29 is 9.47 Å². The van der Waals surface area contributed by atoms with Crippen molar-refractivity contribution in [3.63, 3.8) is 0 Å². The first kappa shape index (κ1) is 18.7. The van der Waals surface area contributed by atoms with E-state index >= 15 is 0 Å². The molecule has 0 aromatic heterocycles. The van der Waals surface area contributed by atoms with Gasteiger partial charge >= 0.3 is 0 Å². The van der Waals surface area contributed by atoms with Crippen molar-refractivity contribution >= 4 is 17.2 Å². The Morgan fingerprint density at radius 2 is 1.28 bits per heavy atom. The van der Waals surface area contributed by atoms with Crippen LogP contribution in [-0.2, 0) is 0 Å². The van der Waals surface area contributed by atoms with Crippen LogP contribution in [0.2, 0.25) is 0 Å². The van der Waals surface area contributed by atoms with Crippen molar-refractivity contribution in [2.24, 2.45) is 5.10 Å². The summed E-state index contributed by atoms with van der Waals surface area (Å²) in [6.07, 6.45) is 0. The first-order chi connectivity index (χ1) is 14.3. The van der Waals surface area contributed by atoms with Crippen LogP contribution in [0, 0.1) is 0 Å². The van der Waals surface area contributed by atoms with Gasteiger partial charge in [-0.25, -0.2) is 0 Å². The largest absolute Gasteiger partial charge is 0.494 e. The second-order valence-electron chi connectivity index (χ2n) is 6.38. The number of nitrogens with zero attached hydrogens (tertiary/aromatic N) is 3. The van der Waals surface area contributed by atoms with Gasteiger partial charge in [0, 0.05) is 5.56 Å². The van der Waals surface area contributed by atoms with Crippen LogP contribution in [0.4, 0.5) is 11.4 Å². The highest BCUT2D eigenvalue weighted by molar-refractivity contribution is 6.02. The topological polar surface area (TPSA) is 49.3 Å². The summed E-state index contributed by atoms with van der Waals surface area (Å²) in [6.45, 7) is 5.23. The number of hydrazine groups is 2. The molecule has 29 heavy (non-hydrogen) atoms. The van der Waals surface area contributed by atoms with Gasteiger partial charge in [0.25, 0.3) is 0 Å². The standard InChI is InChI=1S/C23H24N4O2/c1-3-28-21-14-10-19(11-15-21)26-24-23(18-8-6-5-7-9-18)25-27(26)20-12-16-22(17-13-20)29-4-2/h5-17H,3-4H2,1-2H3,(H,24,25). The lowest BCUT2D eigenvalue weighted by Crippen LogP contribution is -2.44. The number of hydrazone groups is 1. The maximum absolute atomic E-state index is 5.57. The van der Waals surface area contributed by atoms with E-state index in [9.17, 15) is 0 Å². The molecule has 0 unspecified atom stereocenters. The lowest BCUT2D eigenvalue weighted by Gasteiger charge is -2.28. The zero-order valence-electron chi connectivity index (χ0n) is 16.6. The van der Waals surface area contributed by atoms with Crippen LogP contribution in [0.5, 0.6) is 11.5 Å². The summed E-state index contributed by atoms with van der Waals surface area (Å²) in [5.74, 6) is 2.45. The molecule has 3 aromatic carbocycles. The Kier molecular flexibility index (Phi) is 5.52. The van der Waals surface area contributed by atoms with Gasteiger partial charge < -0.3 is 9.47 Å². The summed E-state index contributed by atoms with van der Waals surface area (Å²) in [5, 5.41) is 8.56. The molecule has 0 aliphatic carbocycles. The van der Waals surface area contributed by atoms with Gasteiger partial charge in [0.15, 0.2) is 5.84 Å². The molecule has 6 nitrogen and oxygen atoms in total. The maximum atomic E-state index is 5.57. The van der Waals surface area contributed by atoms with Crippen molar-refractivity contribution in [3.05, 3.63) is 84.4 Å². The maximum Gasteiger partial charge on any atom is 0.176 e. The van der Waals surface area contributed by atoms with Crippen LogP contribution in [0.25, 0.3) is 0 Å². The molecule has 1 aliphatic rings. The highest BCUT2D eigenvalue weighted by atomic mass is 16.5. The van der Waals surface area contributed by atoms with Crippen molar-refractivity contribution in [3.8, 4) is 11.5 Å². The first-order valence-electron chi connectivity index (χ1n) is 9.75. The first-order valence-corrected chi connectivity index (χ1v) is 9.75. The van der Waals surface area contributed by atoms with Crippen LogP contribution >= 0.6 is 0 Å². The predicted molar refractivity (Wildman–Crippen MR) is 116 cm³/mol. The Balaban J connectivity index is 1.66. The predicted octanol–water partition coefficient (Wildman–Crippen LogP) is 4.59. The fourth-order valence-electron chi connectivity index (χ4n) is 3.07. The molecule has 0 radical (unpaired) electrons. The van der Waals surface area contributed by atoms with Gasteiger partial charge in [0.1, 0.15) is 11.5 Å². The molecule has 0 amide bonds. The summed E-state index contributed by atoms with van der Waals surface area (Å²) >= 11 is 0. The number of rotatable bonds is 7. The molecule has 1 N–H and O–H groups in total. The molecule has 0 atom stereocenters. The molecule has 0 bridgehead atoms. The van der Waals surface area contributed by atoms with E-state index in [1.165, 1.54) is 0 Å². The smallest absolute Gasteiger partial charge is 0.176 e. The van der Waals surface area contributed by atoms with E-state index in [-0.39, 0.29) is 0 Å². The third-order valence-corrected chi connectivity index (χ3v) is 4.41. The molecular formula is C23H24N4O2. The molecule has 1 heterocycles. The number of hydrogen-bond donors (Lipinski definition) is 1. The van der Waals surface area contributed by atoms with Gasteiger partial charge in [-0.2, -0.15) is 10.2 Å². The molecule has 0 fully saturated rings. The van der Waals surface area contributed by atoms with Crippen molar-refractivity contribution in [1.29, 1.82) is 0 Å². The number of ether oxygens (including phenoxy) is 2. The summed E-state index contributed by atoms with van der Waals surface area (Å²) in [5.41, 5.74) is 6.27. The summed E-state index contributed by atoms with van der Waals surface area (Å²) in [6, 6.07) is 25.9. The minimum atomic E-state index is 0.638. The van der Waals surface area contributed by atoms with Crippen LogP contribution in [0.1, 0.15) is 19.4 Å². The van der Waals surface area contributed by atoms with Crippen molar-refractivity contribution in [2.75, 3.05) is 23.4 Å². The molecule has 6 heteroatoms. The van der Waals surface area contributed by atoms with Gasteiger partial charge in [-0.3, -0.25) is 5.43 Å². The fourth-order valence-corrected chi connectivity index (χ4v) is 3.07. The molecular weight excluding hydrogens is 364 g/mol.